The minimum atomic E-state index is -0.170. The van der Waals surface area contributed by atoms with E-state index in [0.717, 1.165) is 23.2 Å². The Kier molecular flexibility index (Phi) is 4.03. The molecule has 1 aliphatic heterocycles. The average molecular weight is 352 g/mol. The quantitative estimate of drug-likeness (QED) is 0.731. The van der Waals surface area contributed by atoms with Gasteiger partial charge in [0, 0.05) is 12.6 Å². The molecule has 25 heavy (non-hydrogen) atoms. The van der Waals surface area contributed by atoms with Crippen molar-refractivity contribution >= 4 is 46.1 Å². The van der Waals surface area contributed by atoms with Gasteiger partial charge in [-0.3, -0.25) is 9.79 Å². The third-order valence-electron chi connectivity index (χ3n) is 3.84. The van der Waals surface area contributed by atoms with Crippen LogP contribution in [0.5, 0.6) is 0 Å². The Labute approximate surface area is 148 Å². The van der Waals surface area contributed by atoms with Gasteiger partial charge in [-0.2, -0.15) is 0 Å². The van der Waals surface area contributed by atoms with E-state index in [1.54, 1.807) is 12.1 Å². The number of carbonyl (C=O) groups excluding carboxylic acids is 1. The van der Waals surface area contributed by atoms with Crippen LogP contribution in [0.4, 0.5) is 5.69 Å². The molecule has 6 nitrogen and oxygen atoms in total. The van der Waals surface area contributed by atoms with E-state index in [0.29, 0.717) is 16.7 Å². The number of hydrogen-bond donors (Lipinski definition) is 1. The molecule has 0 fully saturated rings. The zero-order valence-corrected chi connectivity index (χ0v) is 13.9. The van der Waals surface area contributed by atoms with E-state index in [2.05, 4.69) is 20.3 Å². The van der Waals surface area contributed by atoms with Crippen LogP contribution in [0, 0.1) is 0 Å². The summed E-state index contributed by atoms with van der Waals surface area (Å²) in [5, 5.41) is 3.20. The lowest BCUT2D eigenvalue weighted by molar-refractivity contribution is -0.116. The highest BCUT2D eigenvalue weighted by molar-refractivity contribution is 6.29. The van der Waals surface area contributed by atoms with E-state index < -0.39 is 0 Å². The van der Waals surface area contributed by atoms with Gasteiger partial charge in [-0.05, 0) is 30.3 Å². The van der Waals surface area contributed by atoms with Gasteiger partial charge in [0.2, 0.25) is 5.91 Å². The predicted molar refractivity (Wildman–Crippen MR) is 98.7 cm³/mol. The molecule has 1 N–H and O–H groups in total. The number of amides is 1. The number of allylic oxidation sites excluding steroid dienone is 1. The molecule has 0 saturated carbocycles. The summed E-state index contributed by atoms with van der Waals surface area (Å²) in [5.41, 5.74) is 3.11. The lowest BCUT2D eigenvalue weighted by atomic mass is 10.3. The van der Waals surface area contributed by atoms with Gasteiger partial charge in [-0.1, -0.05) is 23.7 Å². The summed E-state index contributed by atoms with van der Waals surface area (Å²) < 4.78 is 1.88. The number of benzene rings is 1. The van der Waals surface area contributed by atoms with Gasteiger partial charge in [0.25, 0.3) is 0 Å². The number of fused-ring (bicyclic) bond motifs is 1. The van der Waals surface area contributed by atoms with Gasteiger partial charge in [-0.15, -0.1) is 0 Å². The van der Waals surface area contributed by atoms with Crippen molar-refractivity contribution < 1.29 is 4.79 Å². The molecule has 124 valence electrons. The number of nitrogens with zero attached hydrogens (tertiary/aromatic N) is 4. The topological polar surface area (TPSA) is 72.2 Å². The van der Waals surface area contributed by atoms with E-state index in [-0.39, 0.29) is 12.5 Å². The number of imidazole rings is 1. The van der Waals surface area contributed by atoms with Crippen LogP contribution in [0.25, 0.3) is 16.7 Å². The molecule has 4 rings (SSSR count). The molecule has 2 aromatic heterocycles. The van der Waals surface area contributed by atoms with Crippen molar-refractivity contribution in [1.29, 1.82) is 0 Å². The summed E-state index contributed by atoms with van der Waals surface area (Å²) in [6, 6.07) is 11.1. The van der Waals surface area contributed by atoms with Crippen LogP contribution < -0.4 is 5.32 Å². The molecule has 0 radical (unpaired) electrons. The number of halogens is 1. The van der Waals surface area contributed by atoms with Gasteiger partial charge in [-0.25, -0.2) is 9.97 Å². The molecule has 0 aliphatic carbocycles. The fourth-order valence-electron chi connectivity index (χ4n) is 2.74. The molecule has 7 heteroatoms. The standard InChI is InChI=1S/C18H14ClN5O/c19-16-8-7-12(10-21-16)22-17(25)11-24-15-6-2-1-4-13(15)23-18(24)14-5-3-9-20-14/h1-2,4-10H,3,11H2,(H,22,25). The number of carbonyl (C=O) groups is 1. The number of pyridine rings is 1. The van der Waals surface area contributed by atoms with Gasteiger partial charge >= 0.3 is 0 Å². The van der Waals surface area contributed by atoms with Gasteiger partial charge in [0.1, 0.15) is 17.4 Å². The molecule has 0 spiro atoms. The number of hydrogen-bond acceptors (Lipinski definition) is 4. The first-order valence-electron chi connectivity index (χ1n) is 7.80. The van der Waals surface area contributed by atoms with Crippen LogP contribution >= 0.6 is 11.6 Å². The van der Waals surface area contributed by atoms with Crippen molar-refractivity contribution in [2.45, 2.75) is 13.0 Å². The summed E-state index contributed by atoms with van der Waals surface area (Å²) in [5.74, 6) is 0.524. The zero-order chi connectivity index (χ0) is 17.2. The first-order valence-corrected chi connectivity index (χ1v) is 8.18. The summed E-state index contributed by atoms with van der Waals surface area (Å²) in [4.78, 5) is 25.5. The number of rotatable bonds is 4. The highest BCUT2D eigenvalue weighted by atomic mass is 35.5. The Hall–Kier alpha value is -2.99. The molecule has 0 bridgehead atoms. The molecule has 0 saturated heterocycles. The summed E-state index contributed by atoms with van der Waals surface area (Å²) >= 11 is 5.77. The van der Waals surface area contributed by atoms with Crippen LogP contribution in [-0.4, -0.2) is 26.7 Å². The van der Waals surface area contributed by atoms with Gasteiger partial charge < -0.3 is 9.88 Å². The number of aromatic nitrogens is 3. The third-order valence-corrected chi connectivity index (χ3v) is 4.07. The van der Waals surface area contributed by atoms with Crippen molar-refractivity contribution in [2.75, 3.05) is 5.32 Å². The Bertz CT molecular complexity index is 1000. The normalized spacial score (nSPS) is 13.2. The van der Waals surface area contributed by atoms with Crippen LogP contribution in [0.3, 0.4) is 0 Å². The maximum atomic E-state index is 12.5. The van der Waals surface area contributed by atoms with E-state index in [1.165, 1.54) is 6.20 Å². The lowest BCUT2D eigenvalue weighted by Crippen LogP contribution is -2.20. The number of anilines is 1. The molecule has 0 unspecified atom stereocenters. The second-order valence-corrected chi connectivity index (χ2v) is 5.95. The number of aliphatic imine (C=N–C) groups is 1. The fourth-order valence-corrected chi connectivity index (χ4v) is 2.85. The van der Waals surface area contributed by atoms with E-state index in [4.69, 9.17) is 11.6 Å². The Balaban J connectivity index is 1.65. The largest absolute Gasteiger partial charge is 0.323 e. The fraction of sp³-hybridized carbons (Fsp3) is 0.111. The molecule has 1 aromatic carbocycles. The molecular formula is C18H14ClN5O. The Morgan fingerprint density at radius 2 is 2.12 bits per heavy atom. The SMILES string of the molecule is O=C(Cn1c(C2=CCC=N2)nc2ccccc21)Nc1ccc(Cl)nc1. The molecule has 1 aliphatic rings. The molecule has 3 aromatic rings. The smallest absolute Gasteiger partial charge is 0.244 e. The molecule has 1 amide bonds. The van der Waals surface area contributed by atoms with Gasteiger partial charge in [0.15, 0.2) is 5.82 Å². The lowest BCUT2D eigenvalue weighted by Gasteiger charge is -2.09. The van der Waals surface area contributed by atoms with Crippen molar-refractivity contribution in [3.05, 3.63) is 59.6 Å². The van der Waals surface area contributed by atoms with Crippen molar-refractivity contribution in [3.8, 4) is 0 Å². The summed E-state index contributed by atoms with van der Waals surface area (Å²) in [6.45, 7) is 0.130. The van der Waals surface area contributed by atoms with Crippen LogP contribution in [0.15, 0.2) is 53.7 Å². The highest BCUT2D eigenvalue weighted by Gasteiger charge is 2.17. The second kappa shape index (κ2) is 6.49. The van der Waals surface area contributed by atoms with Crippen LogP contribution in [0.2, 0.25) is 5.15 Å². The monoisotopic (exact) mass is 351 g/mol. The molecule has 0 atom stereocenters. The average Bonchev–Trinajstić information content (AvgIpc) is 3.25. The molecule has 3 heterocycles. The summed E-state index contributed by atoms with van der Waals surface area (Å²) in [7, 11) is 0. The van der Waals surface area contributed by atoms with Crippen molar-refractivity contribution in [2.24, 2.45) is 4.99 Å². The highest BCUT2D eigenvalue weighted by Crippen LogP contribution is 2.24. The van der Waals surface area contributed by atoms with Crippen molar-refractivity contribution in [3.63, 3.8) is 0 Å². The maximum absolute atomic E-state index is 12.5. The Morgan fingerprint density at radius 3 is 2.88 bits per heavy atom. The second-order valence-electron chi connectivity index (χ2n) is 5.56. The van der Waals surface area contributed by atoms with Gasteiger partial charge in [0.05, 0.1) is 22.9 Å². The third kappa shape index (κ3) is 3.16. The number of para-hydroxylation sites is 2. The van der Waals surface area contributed by atoms with Crippen molar-refractivity contribution in [1.82, 2.24) is 14.5 Å². The van der Waals surface area contributed by atoms with Crippen LogP contribution in [-0.2, 0) is 11.3 Å². The van der Waals surface area contributed by atoms with Crippen LogP contribution in [0.1, 0.15) is 12.2 Å². The number of nitrogens with one attached hydrogen (secondary N) is 1. The molecular weight excluding hydrogens is 338 g/mol. The first-order chi connectivity index (χ1) is 12.2. The van der Waals surface area contributed by atoms with E-state index in [9.17, 15) is 4.79 Å². The maximum Gasteiger partial charge on any atom is 0.244 e. The first kappa shape index (κ1) is 15.5. The minimum Gasteiger partial charge on any atom is -0.323 e. The minimum absolute atomic E-state index is 0.130. The predicted octanol–water partition coefficient (Wildman–Crippen LogP) is 3.54. The van der Waals surface area contributed by atoms with E-state index in [1.807, 2.05) is 41.1 Å². The van der Waals surface area contributed by atoms with E-state index >= 15 is 0 Å². The summed E-state index contributed by atoms with van der Waals surface area (Å²) in [6.07, 6.45) is 6.13. The zero-order valence-electron chi connectivity index (χ0n) is 13.2. The Morgan fingerprint density at radius 1 is 1.24 bits per heavy atom.